The first-order chi connectivity index (χ1) is 10.8. The number of anilines is 1. The van der Waals surface area contributed by atoms with E-state index in [9.17, 15) is 13.5 Å². The fourth-order valence-electron chi connectivity index (χ4n) is 3.06. The molecule has 1 aliphatic rings. The van der Waals surface area contributed by atoms with Crippen molar-refractivity contribution in [2.45, 2.75) is 31.6 Å². The van der Waals surface area contributed by atoms with Gasteiger partial charge in [0.05, 0.1) is 17.0 Å². The molecule has 0 aliphatic carbocycles. The van der Waals surface area contributed by atoms with E-state index in [-0.39, 0.29) is 12.3 Å². The van der Waals surface area contributed by atoms with Crippen LogP contribution in [0.3, 0.4) is 0 Å². The van der Waals surface area contributed by atoms with Gasteiger partial charge in [-0.1, -0.05) is 42.5 Å². The number of aliphatic hydroxyl groups is 1. The molecule has 0 saturated heterocycles. The number of sulfonamides is 1. The minimum atomic E-state index is -3.50. The second kappa shape index (κ2) is 5.65. The highest BCUT2D eigenvalue weighted by atomic mass is 32.2. The van der Waals surface area contributed by atoms with E-state index < -0.39 is 15.6 Å². The van der Waals surface area contributed by atoms with E-state index in [1.165, 1.54) is 4.31 Å². The van der Waals surface area contributed by atoms with E-state index in [1.54, 1.807) is 25.1 Å². The van der Waals surface area contributed by atoms with Crippen molar-refractivity contribution in [1.82, 2.24) is 0 Å². The molecule has 0 amide bonds. The standard InChI is InChI=1S/C18H21NO3S/c1-14-7-3-4-8-15(14)13-23(21,22)19-12-11-18(2,20)16-9-5-6-10-17(16)19/h3-10,20H,11-13H2,1-2H3. The summed E-state index contributed by atoms with van der Waals surface area (Å²) >= 11 is 0. The third kappa shape index (κ3) is 2.99. The minimum absolute atomic E-state index is 0.0316. The molecule has 0 bridgehead atoms. The van der Waals surface area contributed by atoms with E-state index in [4.69, 9.17) is 0 Å². The van der Waals surface area contributed by atoms with Gasteiger partial charge < -0.3 is 5.11 Å². The molecule has 3 rings (SSSR count). The van der Waals surface area contributed by atoms with Crippen molar-refractivity contribution in [3.63, 3.8) is 0 Å². The molecule has 0 aromatic heterocycles. The number of rotatable bonds is 3. The van der Waals surface area contributed by atoms with Gasteiger partial charge in [-0.05, 0) is 37.5 Å². The molecule has 0 spiro atoms. The Morgan fingerprint density at radius 2 is 1.78 bits per heavy atom. The number of hydrogen-bond acceptors (Lipinski definition) is 3. The van der Waals surface area contributed by atoms with E-state index in [1.807, 2.05) is 37.3 Å². The summed E-state index contributed by atoms with van der Waals surface area (Å²) in [6, 6.07) is 14.7. The lowest BCUT2D eigenvalue weighted by atomic mass is 9.88. The molecule has 1 atom stereocenters. The summed E-state index contributed by atoms with van der Waals surface area (Å²) in [6.45, 7) is 3.94. The summed E-state index contributed by atoms with van der Waals surface area (Å²) in [4.78, 5) is 0. The predicted octanol–water partition coefficient (Wildman–Crippen LogP) is 2.94. The molecule has 5 heteroatoms. The summed E-state index contributed by atoms with van der Waals surface area (Å²) < 4.78 is 27.3. The van der Waals surface area contributed by atoms with Crippen LogP contribution < -0.4 is 4.31 Å². The average molecular weight is 331 g/mol. The largest absolute Gasteiger partial charge is 0.385 e. The average Bonchev–Trinajstić information content (AvgIpc) is 2.49. The second-order valence-corrected chi connectivity index (χ2v) is 8.19. The first-order valence-electron chi connectivity index (χ1n) is 7.68. The molecule has 1 unspecified atom stereocenters. The Kier molecular flexibility index (Phi) is 3.94. The number of para-hydroxylation sites is 1. The van der Waals surface area contributed by atoms with Crippen LogP contribution in [-0.4, -0.2) is 20.1 Å². The van der Waals surface area contributed by atoms with Gasteiger partial charge in [0.15, 0.2) is 0 Å². The third-order valence-electron chi connectivity index (χ3n) is 4.49. The number of nitrogens with zero attached hydrogens (tertiary/aromatic N) is 1. The van der Waals surface area contributed by atoms with Crippen LogP contribution in [0.4, 0.5) is 5.69 Å². The fraction of sp³-hybridized carbons (Fsp3) is 0.333. The van der Waals surface area contributed by atoms with E-state index >= 15 is 0 Å². The molecule has 2 aromatic rings. The first-order valence-corrected chi connectivity index (χ1v) is 9.29. The molecular weight excluding hydrogens is 310 g/mol. The van der Waals surface area contributed by atoms with Crippen LogP contribution in [-0.2, 0) is 21.4 Å². The highest BCUT2D eigenvalue weighted by Gasteiger charge is 2.37. The molecule has 1 aliphatic heterocycles. The highest BCUT2D eigenvalue weighted by molar-refractivity contribution is 7.92. The molecule has 0 saturated carbocycles. The number of aryl methyl sites for hydroxylation is 1. The van der Waals surface area contributed by atoms with Crippen LogP contribution >= 0.6 is 0 Å². The molecule has 0 radical (unpaired) electrons. The second-order valence-electron chi connectivity index (χ2n) is 6.30. The molecule has 2 aromatic carbocycles. The summed E-state index contributed by atoms with van der Waals surface area (Å²) in [5.74, 6) is -0.0316. The molecule has 1 heterocycles. The first kappa shape index (κ1) is 16.0. The topological polar surface area (TPSA) is 57.6 Å². The zero-order chi connectivity index (χ0) is 16.7. The molecule has 1 N–H and O–H groups in total. The van der Waals surface area contributed by atoms with Gasteiger partial charge in [0.25, 0.3) is 0 Å². The minimum Gasteiger partial charge on any atom is -0.385 e. The third-order valence-corrected chi connectivity index (χ3v) is 6.22. The number of fused-ring (bicyclic) bond motifs is 1. The summed E-state index contributed by atoms with van der Waals surface area (Å²) in [5.41, 5.74) is 2.03. The van der Waals surface area contributed by atoms with Crippen LogP contribution in [0.2, 0.25) is 0 Å². The van der Waals surface area contributed by atoms with Gasteiger partial charge in [-0.25, -0.2) is 8.42 Å². The fourth-order valence-corrected chi connectivity index (χ4v) is 4.76. The highest BCUT2D eigenvalue weighted by Crippen LogP contribution is 2.39. The van der Waals surface area contributed by atoms with E-state index in [0.29, 0.717) is 17.7 Å². The Labute approximate surface area is 137 Å². The molecule has 122 valence electrons. The Balaban J connectivity index is 2.00. The van der Waals surface area contributed by atoms with Gasteiger partial charge in [0.1, 0.15) is 0 Å². The van der Waals surface area contributed by atoms with Crippen molar-refractivity contribution in [1.29, 1.82) is 0 Å². The van der Waals surface area contributed by atoms with Gasteiger partial charge in [-0.3, -0.25) is 4.31 Å². The lowest BCUT2D eigenvalue weighted by molar-refractivity contribution is 0.0472. The van der Waals surface area contributed by atoms with Crippen molar-refractivity contribution in [3.8, 4) is 0 Å². The van der Waals surface area contributed by atoms with Crippen LogP contribution in [0.1, 0.15) is 30.0 Å². The Morgan fingerprint density at radius 1 is 1.13 bits per heavy atom. The Bertz CT molecular complexity index is 828. The number of hydrogen-bond donors (Lipinski definition) is 1. The van der Waals surface area contributed by atoms with Crippen molar-refractivity contribution in [3.05, 3.63) is 65.2 Å². The maximum Gasteiger partial charge on any atom is 0.239 e. The monoisotopic (exact) mass is 331 g/mol. The van der Waals surface area contributed by atoms with Gasteiger partial charge in [0.2, 0.25) is 10.0 Å². The van der Waals surface area contributed by atoms with Gasteiger partial charge >= 0.3 is 0 Å². The Hall–Kier alpha value is -1.85. The lowest BCUT2D eigenvalue weighted by Gasteiger charge is -2.38. The van der Waals surface area contributed by atoms with Gasteiger partial charge in [-0.15, -0.1) is 0 Å². The van der Waals surface area contributed by atoms with Crippen LogP contribution in [0.15, 0.2) is 48.5 Å². The lowest BCUT2D eigenvalue weighted by Crippen LogP contribution is -2.42. The number of benzene rings is 2. The van der Waals surface area contributed by atoms with E-state index in [0.717, 1.165) is 11.1 Å². The smallest absolute Gasteiger partial charge is 0.239 e. The predicted molar refractivity (Wildman–Crippen MR) is 91.8 cm³/mol. The Morgan fingerprint density at radius 3 is 2.52 bits per heavy atom. The zero-order valence-corrected chi connectivity index (χ0v) is 14.2. The van der Waals surface area contributed by atoms with Crippen LogP contribution in [0, 0.1) is 6.92 Å². The van der Waals surface area contributed by atoms with Crippen molar-refractivity contribution >= 4 is 15.7 Å². The normalized spacial score (nSPS) is 21.1. The molecule has 4 nitrogen and oxygen atoms in total. The van der Waals surface area contributed by atoms with Crippen molar-refractivity contribution in [2.75, 3.05) is 10.8 Å². The summed E-state index contributed by atoms with van der Waals surface area (Å²) in [5, 5.41) is 10.5. The molecule has 0 fully saturated rings. The van der Waals surface area contributed by atoms with Crippen LogP contribution in [0.25, 0.3) is 0 Å². The maximum absolute atomic E-state index is 12.9. The quantitative estimate of drug-likeness (QED) is 0.941. The summed E-state index contributed by atoms with van der Waals surface area (Å²) in [6.07, 6.45) is 0.386. The van der Waals surface area contributed by atoms with Crippen LogP contribution in [0.5, 0.6) is 0 Å². The zero-order valence-electron chi connectivity index (χ0n) is 13.4. The van der Waals surface area contributed by atoms with E-state index in [2.05, 4.69) is 0 Å². The van der Waals surface area contributed by atoms with Crippen molar-refractivity contribution < 1.29 is 13.5 Å². The SMILES string of the molecule is Cc1ccccc1CS(=O)(=O)N1CCC(C)(O)c2ccccc21. The molecule has 23 heavy (non-hydrogen) atoms. The van der Waals surface area contributed by atoms with Gasteiger partial charge in [-0.2, -0.15) is 0 Å². The van der Waals surface area contributed by atoms with Crippen molar-refractivity contribution in [2.24, 2.45) is 0 Å². The van der Waals surface area contributed by atoms with Gasteiger partial charge in [0, 0.05) is 12.1 Å². The summed E-state index contributed by atoms with van der Waals surface area (Å²) in [7, 11) is -3.50. The maximum atomic E-state index is 12.9. The molecular formula is C18H21NO3S.